The fourth-order valence-electron chi connectivity index (χ4n) is 6.87. The molecule has 0 bridgehead atoms. The number of methoxy groups -OCH3 is 3. The fourth-order valence-corrected chi connectivity index (χ4v) is 7.14. The van der Waals surface area contributed by atoms with Gasteiger partial charge in [0.15, 0.2) is 5.75 Å². The van der Waals surface area contributed by atoms with E-state index in [0.29, 0.717) is 41.4 Å². The zero-order valence-corrected chi connectivity index (χ0v) is 27.6. The monoisotopic (exact) mass is 668 g/mol. The van der Waals surface area contributed by atoms with Crippen molar-refractivity contribution in [3.05, 3.63) is 93.8 Å². The van der Waals surface area contributed by atoms with Crippen LogP contribution >= 0.6 is 11.6 Å². The van der Waals surface area contributed by atoms with Crippen molar-refractivity contribution in [1.29, 1.82) is 0 Å². The molecule has 48 heavy (non-hydrogen) atoms. The van der Waals surface area contributed by atoms with Crippen LogP contribution in [-0.2, 0) is 24.1 Å². The molecule has 0 saturated carbocycles. The quantitative estimate of drug-likeness (QED) is 0.173. The molecule has 2 aliphatic rings. The number of ether oxygens (including phenoxy) is 4. The first-order valence-corrected chi connectivity index (χ1v) is 15.9. The van der Waals surface area contributed by atoms with Crippen LogP contribution in [0.2, 0.25) is 5.02 Å². The van der Waals surface area contributed by atoms with Crippen molar-refractivity contribution in [1.82, 2.24) is 10.3 Å². The maximum Gasteiger partial charge on any atom is 0.237 e. The number of furan rings is 1. The number of para-hydroxylation sites is 1. The second-order valence-electron chi connectivity index (χ2n) is 12.0. The van der Waals surface area contributed by atoms with E-state index >= 15 is 0 Å². The molecular formula is C37H33ClN2O8. The lowest BCUT2D eigenvalue weighted by Crippen LogP contribution is -2.56. The number of hydrogen-bond acceptors (Lipinski definition) is 8. The standard InChI is InChI=1S/C37H33ClN2O8/c1-19-15-27-30(35(42)37(19)36(43)31-26(45-3)17-28(46-4)32(38)34(31)48-37)24(33(47-27)20-9-11-22(44-2)12-10-20)16-29(41)39-14-13-21-18-40-25-8-6-5-7-23(21)25/h5-12,17-19,40H,13-16H2,1-4H3,(H,39,41)/t19-,37+/m1/s1. The molecule has 3 heterocycles. The Morgan fingerprint density at radius 3 is 2.46 bits per heavy atom. The van der Waals surface area contributed by atoms with Gasteiger partial charge in [0.1, 0.15) is 39.4 Å². The molecule has 3 aromatic carbocycles. The van der Waals surface area contributed by atoms with Crippen LogP contribution in [0.4, 0.5) is 0 Å². The van der Waals surface area contributed by atoms with Gasteiger partial charge in [0.25, 0.3) is 0 Å². The number of aromatic amines is 1. The van der Waals surface area contributed by atoms with Crippen LogP contribution < -0.4 is 24.3 Å². The summed E-state index contributed by atoms with van der Waals surface area (Å²) in [7, 11) is 4.42. The first kappa shape index (κ1) is 31.4. The van der Waals surface area contributed by atoms with E-state index in [-0.39, 0.29) is 52.1 Å². The van der Waals surface area contributed by atoms with Gasteiger partial charge in [-0.25, -0.2) is 0 Å². The second-order valence-corrected chi connectivity index (χ2v) is 12.4. The van der Waals surface area contributed by atoms with E-state index in [1.165, 1.54) is 20.3 Å². The van der Waals surface area contributed by atoms with Crippen LogP contribution in [0.15, 0.2) is 65.2 Å². The SMILES string of the molecule is COc1ccc(-c2oc3c(c2CC(=O)NCCc2c[nH]c4ccccc24)C(=O)[C@@]2(Oc4c(Cl)c(OC)cc(OC)c4C2=O)[C@H](C)C3)cc1. The van der Waals surface area contributed by atoms with E-state index in [4.69, 9.17) is 35.0 Å². The zero-order chi connectivity index (χ0) is 33.7. The highest BCUT2D eigenvalue weighted by Gasteiger charge is 2.63. The number of nitrogens with one attached hydrogen (secondary N) is 2. The van der Waals surface area contributed by atoms with E-state index in [1.54, 1.807) is 38.3 Å². The van der Waals surface area contributed by atoms with Crippen molar-refractivity contribution in [2.75, 3.05) is 27.9 Å². The number of halogens is 1. The molecule has 2 atom stereocenters. The largest absolute Gasteiger partial charge is 0.497 e. The highest BCUT2D eigenvalue weighted by atomic mass is 35.5. The minimum atomic E-state index is -1.94. The van der Waals surface area contributed by atoms with Crippen molar-refractivity contribution in [2.45, 2.75) is 31.8 Å². The molecule has 1 amide bonds. The maximum absolute atomic E-state index is 14.8. The lowest BCUT2D eigenvalue weighted by atomic mass is 9.70. The fraction of sp³-hybridized carbons (Fsp3) is 0.270. The molecule has 7 rings (SSSR count). The molecule has 246 valence electrons. The number of aromatic nitrogens is 1. The number of amides is 1. The topological polar surface area (TPSA) is 129 Å². The Morgan fingerprint density at radius 2 is 1.73 bits per heavy atom. The molecule has 0 unspecified atom stereocenters. The number of rotatable bonds is 9. The van der Waals surface area contributed by atoms with E-state index < -0.39 is 23.1 Å². The Morgan fingerprint density at radius 1 is 1.00 bits per heavy atom. The van der Waals surface area contributed by atoms with E-state index in [1.807, 2.05) is 30.5 Å². The Hall–Kier alpha value is -5.22. The van der Waals surface area contributed by atoms with Gasteiger partial charge in [0.2, 0.25) is 23.1 Å². The summed E-state index contributed by atoms with van der Waals surface area (Å²) in [6.45, 7) is 2.14. The second kappa shape index (κ2) is 12.1. The summed E-state index contributed by atoms with van der Waals surface area (Å²) in [5.74, 6) is -0.273. The third-order valence-electron chi connectivity index (χ3n) is 9.33. The van der Waals surface area contributed by atoms with Gasteiger partial charge in [-0.15, -0.1) is 0 Å². The van der Waals surface area contributed by atoms with Gasteiger partial charge in [0, 0.05) is 53.2 Å². The zero-order valence-electron chi connectivity index (χ0n) is 26.8. The van der Waals surface area contributed by atoms with E-state index in [9.17, 15) is 14.4 Å². The summed E-state index contributed by atoms with van der Waals surface area (Å²) < 4.78 is 28.9. The summed E-state index contributed by atoms with van der Waals surface area (Å²) in [5.41, 5.74) is 1.42. The lowest BCUT2D eigenvalue weighted by Gasteiger charge is -2.35. The van der Waals surface area contributed by atoms with Crippen LogP contribution in [0.3, 0.4) is 0 Å². The lowest BCUT2D eigenvalue weighted by molar-refractivity contribution is -0.120. The van der Waals surface area contributed by atoms with Crippen LogP contribution in [-0.4, -0.2) is 55.9 Å². The van der Waals surface area contributed by atoms with Gasteiger partial charge < -0.3 is 33.7 Å². The predicted molar refractivity (Wildman–Crippen MR) is 179 cm³/mol. The van der Waals surface area contributed by atoms with Crippen molar-refractivity contribution in [3.8, 4) is 34.3 Å². The number of carbonyl (C=O) groups is 3. The molecule has 1 aliphatic carbocycles. The minimum Gasteiger partial charge on any atom is -0.497 e. The summed E-state index contributed by atoms with van der Waals surface area (Å²) in [4.78, 5) is 45.9. The van der Waals surface area contributed by atoms with Gasteiger partial charge >= 0.3 is 0 Å². The van der Waals surface area contributed by atoms with E-state index in [2.05, 4.69) is 10.3 Å². The summed E-state index contributed by atoms with van der Waals surface area (Å²) >= 11 is 6.62. The Balaban J connectivity index is 1.25. The molecule has 1 spiro atoms. The summed E-state index contributed by atoms with van der Waals surface area (Å²) in [5, 5.41) is 4.16. The Bertz CT molecular complexity index is 2100. The number of carbonyl (C=O) groups excluding carboxylic acids is 3. The smallest absolute Gasteiger partial charge is 0.237 e. The number of ketones is 2. The average Bonchev–Trinajstić information content (AvgIpc) is 3.77. The first-order valence-electron chi connectivity index (χ1n) is 15.6. The molecule has 0 radical (unpaired) electrons. The number of hydrogen-bond donors (Lipinski definition) is 2. The van der Waals surface area contributed by atoms with E-state index in [0.717, 1.165) is 16.5 Å². The highest BCUT2D eigenvalue weighted by molar-refractivity contribution is 6.36. The van der Waals surface area contributed by atoms with Gasteiger partial charge in [0.05, 0.1) is 33.3 Å². The molecule has 2 N–H and O–H groups in total. The Kier molecular flexibility index (Phi) is 7.91. The summed E-state index contributed by atoms with van der Waals surface area (Å²) in [6, 6.07) is 16.6. The number of fused-ring (bicyclic) bond motifs is 3. The molecule has 5 aromatic rings. The highest BCUT2D eigenvalue weighted by Crippen LogP contribution is 2.54. The van der Waals surface area contributed by atoms with Crippen molar-refractivity contribution in [2.24, 2.45) is 5.92 Å². The van der Waals surface area contributed by atoms with Gasteiger partial charge in [-0.3, -0.25) is 14.4 Å². The molecule has 11 heteroatoms. The van der Waals surface area contributed by atoms with Gasteiger partial charge in [-0.1, -0.05) is 36.7 Å². The van der Waals surface area contributed by atoms with Gasteiger partial charge in [-0.2, -0.15) is 0 Å². The summed E-state index contributed by atoms with van der Waals surface area (Å²) in [6.07, 6.45) is 2.58. The molecule has 0 saturated heterocycles. The van der Waals surface area contributed by atoms with Crippen molar-refractivity contribution in [3.63, 3.8) is 0 Å². The maximum atomic E-state index is 14.8. The Labute approximate surface area is 281 Å². The van der Waals surface area contributed by atoms with Gasteiger partial charge in [-0.05, 0) is 42.3 Å². The van der Waals surface area contributed by atoms with Crippen molar-refractivity contribution >= 4 is 40.0 Å². The normalized spacial score (nSPS) is 18.1. The van der Waals surface area contributed by atoms with Crippen molar-refractivity contribution < 1.29 is 37.7 Å². The molecular weight excluding hydrogens is 636 g/mol. The number of H-pyrrole nitrogens is 1. The minimum absolute atomic E-state index is 0.0250. The number of Topliss-reactive ketones (excluding diaryl/α,β-unsaturated/α-hetero) is 2. The van der Waals surface area contributed by atoms with Crippen LogP contribution in [0.5, 0.6) is 23.0 Å². The average molecular weight is 669 g/mol. The van der Waals surface area contributed by atoms with Crippen LogP contribution in [0.25, 0.3) is 22.2 Å². The number of benzene rings is 3. The molecule has 1 aliphatic heterocycles. The molecule has 0 fully saturated rings. The molecule has 10 nitrogen and oxygen atoms in total. The van der Waals surface area contributed by atoms with Crippen LogP contribution in [0.1, 0.15) is 44.5 Å². The predicted octanol–water partition coefficient (Wildman–Crippen LogP) is 6.40. The third kappa shape index (κ3) is 4.81. The third-order valence-corrected chi connectivity index (χ3v) is 9.69. The molecule has 2 aromatic heterocycles. The van der Waals surface area contributed by atoms with Crippen LogP contribution in [0, 0.1) is 5.92 Å². The first-order chi connectivity index (χ1) is 23.2.